The smallest absolute Gasteiger partial charge is 0.306 e. The normalized spacial score (nSPS) is 43.3. The molecule has 0 saturated heterocycles. The van der Waals surface area contributed by atoms with Crippen LogP contribution in [0.4, 0.5) is 0 Å². The quantitative estimate of drug-likeness (QED) is 0.681. The number of carboxylic acid groups (broad SMARTS) is 1. The predicted molar refractivity (Wildman–Crippen MR) is 64.4 cm³/mol. The van der Waals surface area contributed by atoms with Crippen LogP contribution < -0.4 is 5.73 Å². The van der Waals surface area contributed by atoms with Crippen molar-refractivity contribution in [1.82, 2.24) is 0 Å². The van der Waals surface area contributed by atoms with Gasteiger partial charge in [0, 0.05) is 6.04 Å². The van der Waals surface area contributed by atoms with Crippen molar-refractivity contribution in [2.24, 2.45) is 23.5 Å². The third-order valence-corrected chi connectivity index (χ3v) is 4.62. The number of carboxylic acids is 1. The van der Waals surface area contributed by atoms with Crippen molar-refractivity contribution >= 4 is 5.97 Å². The highest BCUT2D eigenvalue weighted by atomic mass is 16.4. The number of hydrogen-bond donors (Lipinski definition) is 3. The van der Waals surface area contributed by atoms with Crippen molar-refractivity contribution in [2.75, 3.05) is 0 Å². The molecule has 0 spiro atoms. The molecular formula is C13H23NO3. The summed E-state index contributed by atoms with van der Waals surface area (Å²) < 4.78 is 0. The molecule has 2 aliphatic rings. The molecule has 4 heteroatoms. The van der Waals surface area contributed by atoms with Gasteiger partial charge in [0.15, 0.2) is 0 Å². The van der Waals surface area contributed by atoms with E-state index in [0.29, 0.717) is 5.92 Å². The largest absolute Gasteiger partial charge is 0.481 e. The standard InChI is InChI=1S/C13H23NO3/c14-11-6-2-5-10(12(11)15)8-3-1-4-9(7-8)13(16)17/h8-12,15H,1-7,14H2,(H,16,17). The highest BCUT2D eigenvalue weighted by Crippen LogP contribution is 2.40. The molecule has 0 radical (unpaired) electrons. The third kappa shape index (κ3) is 2.80. The Morgan fingerprint density at radius 2 is 1.82 bits per heavy atom. The van der Waals surface area contributed by atoms with Gasteiger partial charge in [-0.3, -0.25) is 4.79 Å². The van der Waals surface area contributed by atoms with Gasteiger partial charge >= 0.3 is 5.97 Å². The molecule has 2 aliphatic carbocycles. The van der Waals surface area contributed by atoms with Crippen LogP contribution in [0.2, 0.25) is 0 Å². The number of aliphatic hydroxyl groups excluding tert-OH is 1. The molecule has 0 aromatic carbocycles. The molecule has 0 bridgehead atoms. The van der Waals surface area contributed by atoms with E-state index < -0.39 is 12.1 Å². The first-order valence-corrected chi connectivity index (χ1v) is 6.76. The Morgan fingerprint density at radius 1 is 1.12 bits per heavy atom. The summed E-state index contributed by atoms with van der Waals surface area (Å²) in [6.07, 6.45) is 6.08. The molecule has 0 heterocycles. The lowest BCUT2D eigenvalue weighted by Gasteiger charge is -2.40. The first-order valence-electron chi connectivity index (χ1n) is 6.76. The minimum Gasteiger partial charge on any atom is -0.481 e. The summed E-state index contributed by atoms with van der Waals surface area (Å²) in [7, 11) is 0. The Hall–Kier alpha value is -0.610. The lowest BCUT2D eigenvalue weighted by molar-refractivity contribution is -0.144. The summed E-state index contributed by atoms with van der Waals surface area (Å²) in [6.45, 7) is 0. The Balaban J connectivity index is 1.98. The molecule has 98 valence electrons. The molecular weight excluding hydrogens is 218 g/mol. The number of aliphatic carboxylic acids is 1. The summed E-state index contributed by atoms with van der Waals surface area (Å²) >= 11 is 0. The SMILES string of the molecule is NC1CCCC(C2CCCC(C(=O)O)C2)C1O. The van der Waals surface area contributed by atoms with Crippen molar-refractivity contribution in [3.63, 3.8) is 0 Å². The molecule has 5 atom stereocenters. The van der Waals surface area contributed by atoms with Crippen LogP contribution in [0, 0.1) is 17.8 Å². The van der Waals surface area contributed by atoms with Crippen LogP contribution in [0.25, 0.3) is 0 Å². The van der Waals surface area contributed by atoms with Crippen LogP contribution in [0.1, 0.15) is 44.9 Å². The van der Waals surface area contributed by atoms with Crippen LogP contribution >= 0.6 is 0 Å². The van der Waals surface area contributed by atoms with Gasteiger partial charge in [-0.05, 0) is 37.5 Å². The molecule has 2 rings (SSSR count). The Morgan fingerprint density at radius 3 is 2.53 bits per heavy atom. The lowest BCUT2D eigenvalue weighted by Crippen LogP contribution is -2.46. The molecule has 0 aliphatic heterocycles. The fourth-order valence-corrected chi connectivity index (χ4v) is 3.60. The molecule has 4 nitrogen and oxygen atoms in total. The van der Waals surface area contributed by atoms with Crippen molar-refractivity contribution in [2.45, 2.75) is 57.1 Å². The first-order chi connectivity index (χ1) is 8.09. The first kappa shape index (κ1) is 12.8. The predicted octanol–water partition coefficient (Wildman–Crippen LogP) is 1.37. The Bertz CT molecular complexity index is 282. The zero-order valence-corrected chi connectivity index (χ0v) is 10.2. The Kier molecular flexibility index (Phi) is 4.05. The van der Waals surface area contributed by atoms with E-state index in [1.165, 1.54) is 0 Å². The summed E-state index contributed by atoms with van der Waals surface area (Å²) in [6, 6.07) is -0.112. The van der Waals surface area contributed by atoms with Crippen LogP contribution in [-0.4, -0.2) is 28.3 Å². The zero-order valence-electron chi connectivity index (χ0n) is 10.2. The van der Waals surface area contributed by atoms with Crippen LogP contribution in [-0.2, 0) is 4.79 Å². The molecule has 4 N–H and O–H groups in total. The van der Waals surface area contributed by atoms with E-state index in [9.17, 15) is 9.90 Å². The van der Waals surface area contributed by atoms with Gasteiger partial charge in [0.2, 0.25) is 0 Å². The van der Waals surface area contributed by atoms with Crippen molar-refractivity contribution in [1.29, 1.82) is 0 Å². The van der Waals surface area contributed by atoms with E-state index in [2.05, 4.69) is 0 Å². The van der Waals surface area contributed by atoms with E-state index in [4.69, 9.17) is 10.8 Å². The summed E-state index contributed by atoms with van der Waals surface area (Å²) in [4.78, 5) is 11.0. The maximum atomic E-state index is 11.0. The minimum absolute atomic E-state index is 0.112. The monoisotopic (exact) mass is 241 g/mol. The van der Waals surface area contributed by atoms with E-state index in [-0.39, 0.29) is 17.9 Å². The van der Waals surface area contributed by atoms with Crippen molar-refractivity contribution in [3.05, 3.63) is 0 Å². The fraction of sp³-hybridized carbons (Fsp3) is 0.923. The average Bonchev–Trinajstić information content (AvgIpc) is 2.33. The second-order valence-corrected chi connectivity index (χ2v) is 5.71. The van der Waals surface area contributed by atoms with Gasteiger partial charge in [-0.15, -0.1) is 0 Å². The highest BCUT2D eigenvalue weighted by molar-refractivity contribution is 5.70. The molecule has 17 heavy (non-hydrogen) atoms. The number of carbonyl (C=O) groups is 1. The third-order valence-electron chi connectivity index (χ3n) is 4.62. The maximum Gasteiger partial charge on any atom is 0.306 e. The number of rotatable bonds is 2. The molecule has 0 amide bonds. The second kappa shape index (κ2) is 5.36. The molecule has 2 fully saturated rings. The van der Waals surface area contributed by atoms with E-state index in [1.807, 2.05) is 0 Å². The van der Waals surface area contributed by atoms with Gasteiger partial charge in [0.25, 0.3) is 0 Å². The number of aliphatic hydroxyl groups is 1. The van der Waals surface area contributed by atoms with Crippen molar-refractivity contribution < 1.29 is 15.0 Å². The average molecular weight is 241 g/mol. The molecule has 2 saturated carbocycles. The summed E-state index contributed by atoms with van der Waals surface area (Å²) in [5.41, 5.74) is 5.90. The number of hydrogen-bond acceptors (Lipinski definition) is 3. The van der Waals surface area contributed by atoms with E-state index in [0.717, 1.165) is 44.9 Å². The molecule has 5 unspecified atom stereocenters. The Labute approximate surface area is 102 Å². The zero-order chi connectivity index (χ0) is 12.4. The lowest BCUT2D eigenvalue weighted by atomic mass is 9.68. The number of nitrogens with two attached hydrogens (primary N) is 1. The van der Waals surface area contributed by atoms with E-state index >= 15 is 0 Å². The maximum absolute atomic E-state index is 11.0. The van der Waals surface area contributed by atoms with Crippen molar-refractivity contribution in [3.8, 4) is 0 Å². The second-order valence-electron chi connectivity index (χ2n) is 5.71. The molecule has 0 aromatic rings. The van der Waals surface area contributed by atoms with Gasteiger partial charge in [0.05, 0.1) is 12.0 Å². The van der Waals surface area contributed by atoms with Crippen LogP contribution in [0.5, 0.6) is 0 Å². The fourth-order valence-electron chi connectivity index (χ4n) is 3.60. The van der Waals surface area contributed by atoms with E-state index in [1.54, 1.807) is 0 Å². The summed E-state index contributed by atoms with van der Waals surface area (Å²) in [5.74, 6) is -0.310. The van der Waals surface area contributed by atoms with Crippen LogP contribution in [0.3, 0.4) is 0 Å². The summed E-state index contributed by atoms with van der Waals surface area (Å²) in [5, 5.41) is 19.2. The topological polar surface area (TPSA) is 83.6 Å². The van der Waals surface area contributed by atoms with Gasteiger partial charge in [-0.1, -0.05) is 19.3 Å². The van der Waals surface area contributed by atoms with Gasteiger partial charge in [0.1, 0.15) is 0 Å². The molecule has 0 aromatic heterocycles. The minimum atomic E-state index is -0.677. The van der Waals surface area contributed by atoms with Gasteiger partial charge in [-0.2, -0.15) is 0 Å². The highest BCUT2D eigenvalue weighted by Gasteiger charge is 2.38. The van der Waals surface area contributed by atoms with Gasteiger partial charge < -0.3 is 15.9 Å². The van der Waals surface area contributed by atoms with Crippen LogP contribution in [0.15, 0.2) is 0 Å². The van der Waals surface area contributed by atoms with Gasteiger partial charge in [-0.25, -0.2) is 0 Å².